The van der Waals surface area contributed by atoms with Gasteiger partial charge in [0.05, 0.1) is 0 Å². The highest BCUT2D eigenvalue weighted by Crippen LogP contribution is 2.38. The normalized spacial score (nSPS) is 13.0. The molecule has 7 heteroatoms. The molecule has 0 amide bonds. The standard InChI is InChI=1S/C20H18F3NO2S/c1-13-5-4-6-14-11-18(26-19(13)14)15(12-27-20(21,22)23)8-9-17(25)16-7-2-3-10-24-16/h2-7,10-11,15H,8-9,12H2,1H3. The van der Waals surface area contributed by atoms with Crippen molar-refractivity contribution in [2.24, 2.45) is 0 Å². The molecular formula is C20H18F3NO2S. The number of pyridine rings is 1. The lowest BCUT2D eigenvalue weighted by Crippen LogP contribution is -2.10. The van der Waals surface area contributed by atoms with Crippen molar-refractivity contribution >= 4 is 28.5 Å². The number of hydrogen-bond donors (Lipinski definition) is 0. The lowest BCUT2D eigenvalue weighted by Gasteiger charge is -2.15. The Morgan fingerprint density at radius 3 is 2.70 bits per heavy atom. The SMILES string of the molecule is Cc1cccc2cc(C(CCC(=O)c3ccccn3)CSC(F)(F)F)oc12. The third-order valence-corrected chi connectivity index (χ3v) is 5.18. The molecule has 0 spiro atoms. The van der Waals surface area contributed by atoms with Gasteiger partial charge in [0.1, 0.15) is 17.0 Å². The first-order valence-electron chi connectivity index (χ1n) is 8.47. The van der Waals surface area contributed by atoms with Gasteiger partial charge < -0.3 is 4.42 Å². The number of carbonyl (C=O) groups excluding carboxylic acids is 1. The molecule has 3 nitrogen and oxygen atoms in total. The van der Waals surface area contributed by atoms with Crippen molar-refractivity contribution in [1.29, 1.82) is 0 Å². The molecule has 0 radical (unpaired) electrons. The zero-order valence-corrected chi connectivity index (χ0v) is 15.4. The van der Waals surface area contributed by atoms with E-state index in [2.05, 4.69) is 4.98 Å². The first-order valence-corrected chi connectivity index (χ1v) is 9.46. The van der Waals surface area contributed by atoms with Crippen LogP contribution in [0.2, 0.25) is 0 Å². The predicted octanol–water partition coefficient (Wildman–Crippen LogP) is 6.14. The average molecular weight is 393 g/mol. The number of thioether (sulfide) groups is 1. The van der Waals surface area contributed by atoms with Crippen LogP contribution in [0, 0.1) is 6.92 Å². The number of ketones is 1. The van der Waals surface area contributed by atoms with Gasteiger partial charge in [-0.1, -0.05) is 36.0 Å². The Bertz CT molecular complexity index is 922. The van der Waals surface area contributed by atoms with Crippen LogP contribution in [-0.2, 0) is 0 Å². The highest BCUT2D eigenvalue weighted by atomic mass is 32.2. The Morgan fingerprint density at radius 2 is 2.04 bits per heavy atom. The highest BCUT2D eigenvalue weighted by molar-refractivity contribution is 8.00. The molecule has 0 N–H and O–H groups in total. The molecule has 2 heterocycles. The summed E-state index contributed by atoms with van der Waals surface area (Å²) in [4.78, 5) is 16.3. The van der Waals surface area contributed by atoms with Crippen LogP contribution in [0.3, 0.4) is 0 Å². The molecule has 3 aromatic rings. The largest absolute Gasteiger partial charge is 0.460 e. The van der Waals surface area contributed by atoms with Crippen molar-refractivity contribution in [3.8, 4) is 0 Å². The molecule has 1 aromatic carbocycles. The van der Waals surface area contributed by atoms with E-state index in [1.54, 1.807) is 24.3 Å². The van der Waals surface area contributed by atoms with Crippen molar-refractivity contribution in [2.75, 3.05) is 5.75 Å². The number of carbonyl (C=O) groups is 1. The van der Waals surface area contributed by atoms with Crippen molar-refractivity contribution in [3.63, 3.8) is 0 Å². The minimum absolute atomic E-state index is 0.0888. The Balaban J connectivity index is 1.79. The molecule has 0 saturated heterocycles. The number of rotatable bonds is 7. The summed E-state index contributed by atoms with van der Waals surface area (Å²) in [6.07, 6.45) is 1.89. The Kier molecular flexibility index (Phi) is 5.89. The molecule has 1 atom stereocenters. The van der Waals surface area contributed by atoms with Gasteiger partial charge in [0, 0.05) is 29.7 Å². The van der Waals surface area contributed by atoms with E-state index in [1.807, 2.05) is 25.1 Å². The maximum absolute atomic E-state index is 12.7. The summed E-state index contributed by atoms with van der Waals surface area (Å²) in [6, 6.07) is 12.4. The van der Waals surface area contributed by atoms with Crippen LogP contribution in [0.5, 0.6) is 0 Å². The topological polar surface area (TPSA) is 43.1 Å². The van der Waals surface area contributed by atoms with Crippen LogP contribution in [0.4, 0.5) is 13.2 Å². The summed E-state index contributed by atoms with van der Waals surface area (Å²) in [5, 5.41) is 0.850. The quantitative estimate of drug-likeness (QED) is 0.453. The summed E-state index contributed by atoms with van der Waals surface area (Å²) < 4.78 is 44.0. The number of aromatic nitrogens is 1. The molecule has 0 bridgehead atoms. The molecule has 0 aliphatic rings. The molecule has 0 aliphatic carbocycles. The lowest BCUT2D eigenvalue weighted by molar-refractivity contribution is -0.0328. The molecular weight excluding hydrogens is 375 g/mol. The zero-order chi connectivity index (χ0) is 19.4. The van der Waals surface area contributed by atoms with Crippen molar-refractivity contribution in [2.45, 2.75) is 31.2 Å². The van der Waals surface area contributed by atoms with Crippen LogP contribution in [0.1, 0.15) is 40.6 Å². The second kappa shape index (κ2) is 8.17. The second-order valence-corrected chi connectivity index (χ2v) is 7.36. The smallest absolute Gasteiger partial charge is 0.441 e. The van der Waals surface area contributed by atoms with E-state index in [1.165, 1.54) is 6.20 Å². The Labute approximate surface area is 159 Å². The zero-order valence-electron chi connectivity index (χ0n) is 14.6. The van der Waals surface area contributed by atoms with Crippen LogP contribution >= 0.6 is 11.8 Å². The number of alkyl halides is 3. The number of fused-ring (bicyclic) bond motifs is 1. The number of aryl methyl sites for hydroxylation is 1. The first-order chi connectivity index (χ1) is 12.8. The molecule has 27 heavy (non-hydrogen) atoms. The van der Waals surface area contributed by atoms with Gasteiger partial charge >= 0.3 is 5.51 Å². The van der Waals surface area contributed by atoms with Crippen molar-refractivity contribution in [3.05, 3.63) is 65.7 Å². The van der Waals surface area contributed by atoms with E-state index in [9.17, 15) is 18.0 Å². The van der Waals surface area contributed by atoms with Crippen molar-refractivity contribution < 1.29 is 22.4 Å². The third-order valence-electron chi connectivity index (χ3n) is 4.28. The minimum atomic E-state index is -4.33. The summed E-state index contributed by atoms with van der Waals surface area (Å²) in [5.74, 6) is -0.427. The van der Waals surface area contributed by atoms with Gasteiger partial charge in [-0.2, -0.15) is 13.2 Å². The minimum Gasteiger partial charge on any atom is -0.460 e. The van der Waals surface area contributed by atoms with Crippen LogP contribution in [0.25, 0.3) is 11.0 Å². The van der Waals surface area contributed by atoms with Gasteiger partial charge in [-0.15, -0.1) is 0 Å². The van der Waals surface area contributed by atoms with E-state index in [4.69, 9.17) is 4.42 Å². The molecule has 3 rings (SSSR count). The number of Topliss-reactive ketones (excluding diaryl/α,β-unsaturated/α-hetero) is 1. The highest BCUT2D eigenvalue weighted by Gasteiger charge is 2.31. The molecule has 1 unspecified atom stereocenters. The molecule has 0 saturated carbocycles. The van der Waals surface area contributed by atoms with E-state index in [-0.39, 0.29) is 36.1 Å². The predicted molar refractivity (Wildman–Crippen MR) is 100 cm³/mol. The van der Waals surface area contributed by atoms with Crippen molar-refractivity contribution in [1.82, 2.24) is 4.98 Å². The average Bonchev–Trinajstić information content (AvgIpc) is 3.07. The van der Waals surface area contributed by atoms with Gasteiger partial charge in [0.15, 0.2) is 5.78 Å². The second-order valence-electron chi connectivity index (χ2n) is 6.27. The van der Waals surface area contributed by atoms with Crippen LogP contribution in [0.15, 0.2) is 53.1 Å². The first kappa shape index (κ1) is 19.5. The van der Waals surface area contributed by atoms with E-state index in [0.29, 0.717) is 17.0 Å². The maximum Gasteiger partial charge on any atom is 0.441 e. The van der Waals surface area contributed by atoms with E-state index >= 15 is 0 Å². The Morgan fingerprint density at radius 1 is 1.22 bits per heavy atom. The molecule has 0 aliphatic heterocycles. The number of nitrogens with zero attached hydrogens (tertiary/aromatic N) is 1. The third kappa shape index (κ3) is 5.13. The van der Waals surface area contributed by atoms with Crippen LogP contribution < -0.4 is 0 Å². The Hall–Kier alpha value is -2.28. The van der Waals surface area contributed by atoms with Gasteiger partial charge in [0.2, 0.25) is 0 Å². The fourth-order valence-electron chi connectivity index (χ4n) is 2.89. The van der Waals surface area contributed by atoms with Gasteiger partial charge in [-0.05, 0) is 37.1 Å². The monoisotopic (exact) mass is 393 g/mol. The number of para-hydroxylation sites is 1. The van der Waals surface area contributed by atoms with Gasteiger partial charge in [-0.3, -0.25) is 9.78 Å². The summed E-state index contributed by atoms with van der Waals surface area (Å²) >= 11 is -0.0888. The van der Waals surface area contributed by atoms with E-state index in [0.717, 1.165) is 10.9 Å². The fraction of sp³-hybridized carbons (Fsp3) is 0.300. The number of halogens is 3. The maximum atomic E-state index is 12.7. The molecule has 142 valence electrons. The van der Waals surface area contributed by atoms with Gasteiger partial charge in [0.25, 0.3) is 0 Å². The number of benzene rings is 1. The van der Waals surface area contributed by atoms with Crippen LogP contribution in [-0.4, -0.2) is 22.0 Å². The summed E-state index contributed by atoms with van der Waals surface area (Å²) in [6.45, 7) is 1.89. The lowest BCUT2D eigenvalue weighted by atomic mass is 9.99. The fourth-order valence-corrected chi connectivity index (χ4v) is 3.62. The molecule has 2 aromatic heterocycles. The number of hydrogen-bond acceptors (Lipinski definition) is 4. The number of furan rings is 1. The summed E-state index contributed by atoms with van der Waals surface area (Å²) in [7, 11) is 0. The van der Waals surface area contributed by atoms with E-state index < -0.39 is 11.4 Å². The van der Waals surface area contributed by atoms with Gasteiger partial charge in [-0.25, -0.2) is 0 Å². The summed E-state index contributed by atoms with van der Waals surface area (Å²) in [5.41, 5.74) is -2.41. The molecule has 0 fully saturated rings.